The maximum absolute atomic E-state index is 5.36. The van der Waals surface area contributed by atoms with Crippen LogP contribution in [0.4, 0.5) is 0 Å². The van der Waals surface area contributed by atoms with Gasteiger partial charge >= 0.3 is 0 Å². The minimum Gasteiger partial charge on any atom is -0.497 e. The van der Waals surface area contributed by atoms with E-state index in [1.807, 2.05) is 30.3 Å². The molecule has 5 nitrogen and oxygen atoms in total. The summed E-state index contributed by atoms with van der Waals surface area (Å²) in [5, 5.41) is 0.853. The Hall–Kier alpha value is -2.69. The third-order valence-corrected chi connectivity index (χ3v) is 3.00. The molecular weight excluding hydrogens is 254 g/mol. The van der Waals surface area contributed by atoms with Crippen molar-refractivity contribution in [1.29, 1.82) is 0 Å². The highest BCUT2D eigenvalue weighted by molar-refractivity contribution is 5.86. The van der Waals surface area contributed by atoms with Crippen LogP contribution in [0.15, 0.2) is 42.7 Å². The number of hydrogen-bond acceptors (Lipinski definition) is 5. The zero-order chi connectivity index (χ0) is 13.9. The SMILES string of the molecule is COc1ccc2c(OC)nc(-c3ccncc3)nc2c1. The summed E-state index contributed by atoms with van der Waals surface area (Å²) in [6.45, 7) is 0. The molecule has 3 aromatic rings. The van der Waals surface area contributed by atoms with Gasteiger partial charge in [-0.25, -0.2) is 4.98 Å². The highest BCUT2D eigenvalue weighted by Crippen LogP contribution is 2.28. The lowest BCUT2D eigenvalue weighted by molar-refractivity contribution is 0.402. The minimum atomic E-state index is 0.546. The molecular formula is C15H13N3O2. The van der Waals surface area contributed by atoms with Crippen molar-refractivity contribution in [2.45, 2.75) is 0 Å². The predicted octanol–water partition coefficient (Wildman–Crippen LogP) is 2.71. The Morgan fingerprint density at radius 2 is 1.70 bits per heavy atom. The first-order chi connectivity index (χ1) is 9.81. The summed E-state index contributed by atoms with van der Waals surface area (Å²) < 4.78 is 10.6. The van der Waals surface area contributed by atoms with Crippen molar-refractivity contribution in [1.82, 2.24) is 15.0 Å². The van der Waals surface area contributed by atoms with Crippen LogP contribution in [0.25, 0.3) is 22.3 Å². The summed E-state index contributed by atoms with van der Waals surface area (Å²) in [7, 11) is 3.23. The smallest absolute Gasteiger partial charge is 0.224 e. The fraction of sp³-hybridized carbons (Fsp3) is 0.133. The maximum atomic E-state index is 5.36. The molecule has 0 fully saturated rings. The van der Waals surface area contributed by atoms with Gasteiger partial charge in [0.2, 0.25) is 5.88 Å². The fourth-order valence-corrected chi connectivity index (χ4v) is 1.99. The molecule has 2 aromatic heterocycles. The monoisotopic (exact) mass is 267 g/mol. The number of methoxy groups -OCH3 is 2. The molecule has 0 aliphatic rings. The summed E-state index contributed by atoms with van der Waals surface area (Å²) in [5.74, 6) is 1.90. The molecule has 20 heavy (non-hydrogen) atoms. The van der Waals surface area contributed by atoms with Crippen LogP contribution in [0.3, 0.4) is 0 Å². The van der Waals surface area contributed by atoms with Crippen molar-refractivity contribution in [3.05, 3.63) is 42.7 Å². The van der Waals surface area contributed by atoms with Gasteiger partial charge in [0.15, 0.2) is 5.82 Å². The topological polar surface area (TPSA) is 57.1 Å². The standard InChI is InChI=1S/C15H13N3O2/c1-19-11-3-4-12-13(9-11)17-14(18-15(12)20-2)10-5-7-16-8-6-10/h3-9H,1-2H3. The van der Waals surface area contributed by atoms with Crippen molar-refractivity contribution < 1.29 is 9.47 Å². The normalized spacial score (nSPS) is 10.5. The molecule has 0 aliphatic carbocycles. The average Bonchev–Trinajstić information content (AvgIpc) is 2.54. The first-order valence-electron chi connectivity index (χ1n) is 6.12. The van der Waals surface area contributed by atoms with E-state index in [0.717, 1.165) is 22.2 Å². The van der Waals surface area contributed by atoms with Gasteiger partial charge in [-0.15, -0.1) is 0 Å². The molecule has 0 unspecified atom stereocenters. The summed E-state index contributed by atoms with van der Waals surface area (Å²) in [6, 6.07) is 9.34. The number of rotatable bonds is 3. The van der Waals surface area contributed by atoms with Crippen molar-refractivity contribution in [2.75, 3.05) is 14.2 Å². The van der Waals surface area contributed by atoms with E-state index < -0.39 is 0 Å². The molecule has 0 amide bonds. The third-order valence-electron chi connectivity index (χ3n) is 3.00. The number of ether oxygens (including phenoxy) is 2. The van der Waals surface area contributed by atoms with Gasteiger partial charge < -0.3 is 9.47 Å². The second-order valence-electron chi connectivity index (χ2n) is 4.18. The van der Waals surface area contributed by atoms with E-state index >= 15 is 0 Å². The van der Waals surface area contributed by atoms with Gasteiger partial charge in [0, 0.05) is 24.0 Å². The largest absolute Gasteiger partial charge is 0.497 e. The predicted molar refractivity (Wildman–Crippen MR) is 75.9 cm³/mol. The van der Waals surface area contributed by atoms with Crippen LogP contribution in [-0.2, 0) is 0 Å². The molecule has 0 N–H and O–H groups in total. The van der Waals surface area contributed by atoms with Gasteiger partial charge in [-0.2, -0.15) is 4.98 Å². The lowest BCUT2D eigenvalue weighted by atomic mass is 10.2. The number of pyridine rings is 1. The third kappa shape index (κ3) is 2.14. The van der Waals surface area contributed by atoms with Crippen molar-refractivity contribution >= 4 is 10.9 Å². The molecule has 1 aromatic carbocycles. The van der Waals surface area contributed by atoms with E-state index in [1.54, 1.807) is 26.6 Å². The number of benzene rings is 1. The van der Waals surface area contributed by atoms with Gasteiger partial charge in [0.05, 0.1) is 25.1 Å². The Morgan fingerprint density at radius 3 is 2.40 bits per heavy atom. The Kier molecular flexibility index (Phi) is 3.16. The van der Waals surface area contributed by atoms with Crippen molar-refractivity contribution in [3.63, 3.8) is 0 Å². The molecule has 0 spiro atoms. The first kappa shape index (κ1) is 12.3. The number of aromatic nitrogens is 3. The van der Waals surface area contributed by atoms with E-state index in [0.29, 0.717) is 11.7 Å². The highest BCUT2D eigenvalue weighted by atomic mass is 16.5. The van der Waals surface area contributed by atoms with Gasteiger partial charge in [-0.1, -0.05) is 0 Å². The Balaban J connectivity index is 2.24. The van der Waals surface area contributed by atoms with Crippen LogP contribution in [0, 0.1) is 0 Å². The van der Waals surface area contributed by atoms with Crippen molar-refractivity contribution in [2.24, 2.45) is 0 Å². The quantitative estimate of drug-likeness (QED) is 0.730. The van der Waals surface area contributed by atoms with E-state index in [1.165, 1.54) is 0 Å². The second-order valence-corrected chi connectivity index (χ2v) is 4.18. The summed E-state index contributed by atoms with van der Waals surface area (Å²) in [4.78, 5) is 13.0. The molecule has 100 valence electrons. The summed E-state index contributed by atoms with van der Waals surface area (Å²) in [6.07, 6.45) is 3.42. The molecule has 0 aliphatic heterocycles. The van der Waals surface area contributed by atoms with Crippen LogP contribution in [-0.4, -0.2) is 29.2 Å². The number of hydrogen-bond donors (Lipinski definition) is 0. The molecule has 3 rings (SSSR count). The van der Waals surface area contributed by atoms with Gasteiger partial charge in [0.25, 0.3) is 0 Å². The van der Waals surface area contributed by atoms with Crippen LogP contribution in [0.5, 0.6) is 11.6 Å². The summed E-state index contributed by atoms with van der Waals surface area (Å²) in [5.41, 5.74) is 1.67. The number of nitrogens with zero attached hydrogens (tertiary/aromatic N) is 3. The van der Waals surface area contributed by atoms with Crippen LogP contribution in [0.1, 0.15) is 0 Å². The van der Waals surface area contributed by atoms with Crippen molar-refractivity contribution in [3.8, 4) is 23.0 Å². The zero-order valence-electron chi connectivity index (χ0n) is 11.2. The Bertz CT molecular complexity index is 745. The highest BCUT2D eigenvalue weighted by Gasteiger charge is 2.10. The Morgan fingerprint density at radius 1 is 0.900 bits per heavy atom. The molecule has 0 saturated carbocycles. The molecule has 0 saturated heterocycles. The fourth-order valence-electron chi connectivity index (χ4n) is 1.99. The Labute approximate surface area is 116 Å². The van der Waals surface area contributed by atoms with E-state index in [9.17, 15) is 0 Å². The van der Waals surface area contributed by atoms with E-state index in [2.05, 4.69) is 15.0 Å². The van der Waals surface area contributed by atoms with Gasteiger partial charge in [-0.05, 0) is 24.3 Å². The maximum Gasteiger partial charge on any atom is 0.224 e. The van der Waals surface area contributed by atoms with Gasteiger partial charge in [-0.3, -0.25) is 4.98 Å². The molecule has 0 bridgehead atoms. The first-order valence-corrected chi connectivity index (χ1v) is 6.12. The molecule has 5 heteroatoms. The minimum absolute atomic E-state index is 0.546. The van der Waals surface area contributed by atoms with Crippen LogP contribution < -0.4 is 9.47 Å². The molecule has 2 heterocycles. The van der Waals surface area contributed by atoms with Crippen LogP contribution >= 0.6 is 0 Å². The summed E-state index contributed by atoms with van der Waals surface area (Å²) >= 11 is 0. The number of fused-ring (bicyclic) bond motifs is 1. The second kappa shape index (κ2) is 5.13. The lowest BCUT2D eigenvalue weighted by Gasteiger charge is -2.08. The molecule has 0 atom stereocenters. The average molecular weight is 267 g/mol. The molecule has 0 radical (unpaired) electrons. The van der Waals surface area contributed by atoms with E-state index in [-0.39, 0.29) is 0 Å². The lowest BCUT2D eigenvalue weighted by Crippen LogP contribution is -1.96. The van der Waals surface area contributed by atoms with Gasteiger partial charge in [0.1, 0.15) is 5.75 Å². The van der Waals surface area contributed by atoms with Crippen LogP contribution in [0.2, 0.25) is 0 Å². The zero-order valence-corrected chi connectivity index (χ0v) is 11.2. The van der Waals surface area contributed by atoms with E-state index in [4.69, 9.17) is 9.47 Å².